The molecule has 0 aliphatic heterocycles. The van der Waals surface area contributed by atoms with Crippen molar-refractivity contribution in [2.45, 2.75) is 46.6 Å². The van der Waals surface area contributed by atoms with Gasteiger partial charge in [-0.05, 0) is 43.5 Å². The molecule has 0 aliphatic rings. The minimum Gasteiger partial charge on any atom is -0.451 e. The standard InChI is InChI=1S/C25H28N4O5/c1-4-5-8-14-29-23(31)19-12-7-6-11-18(19)22(28-29)24(32)34-15-21(30)27-25(33)26-20-13-9-10-16(2)17(20)3/h6-7,9-13H,4-5,8,14-15H2,1-3H3,(H2,26,27,30,33). The third-order valence-electron chi connectivity index (χ3n) is 5.47. The second kappa shape index (κ2) is 11.2. The molecule has 2 N–H and O–H groups in total. The van der Waals surface area contributed by atoms with Gasteiger partial charge in [-0.1, -0.05) is 50.1 Å². The van der Waals surface area contributed by atoms with Crippen LogP contribution in [-0.2, 0) is 16.1 Å². The summed E-state index contributed by atoms with van der Waals surface area (Å²) < 4.78 is 6.36. The number of hydrogen-bond acceptors (Lipinski definition) is 6. The van der Waals surface area contributed by atoms with Gasteiger partial charge in [-0.3, -0.25) is 14.9 Å². The van der Waals surface area contributed by atoms with Crippen LogP contribution < -0.4 is 16.2 Å². The lowest BCUT2D eigenvalue weighted by molar-refractivity contribution is -0.123. The van der Waals surface area contributed by atoms with Crippen molar-refractivity contribution in [3.05, 3.63) is 69.6 Å². The number of fused-ring (bicyclic) bond motifs is 1. The first-order valence-corrected chi connectivity index (χ1v) is 11.2. The second-order valence-electron chi connectivity index (χ2n) is 7.96. The molecule has 0 atom stereocenters. The van der Waals surface area contributed by atoms with Crippen LogP contribution in [0.1, 0.15) is 47.8 Å². The molecule has 1 aromatic heterocycles. The molecule has 0 saturated carbocycles. The number of nitrogens with one attached hydrogen (secondary N) is 2. The number of carbonyl (C=O) groups excluding carboxylic acids is 3. The largest absolute Gasteiger partial charge is 0.451 e. The molecule has 3 rings (SSSR count). The summed E-state index contributed by atoms with van der Waals surface area (Å²) in [5.74, 6) is -1.65. The Morgan fingerprint density at radius 2 is 1.74 bits per heavy atom. The number of rotatable bonds is 8. The van der Waals surface area contributed by atoms with Crippen LogP contribution in [0.5, 0.6) is 0 Å². The van der Waals surface area contributed by atoms with Crippen molar-refractivity contribution in [1.29, 1.82) is 0 Å². The van der Waals surface area contributed by atoms with E-state index in [1.807, 2.05) is 26.8 Å². The molecular formula is C25H28N4O5. The number of aryl methyl sites for hydroxylation is 2. The van der Waals surface area contributed by atoms with E-state index in [1.165, 1.54) is 4.68 Å². The number of carbonyl (C=O) groups is 3. The van der Waals surface area contributed by atoms with Crippen molar-refractivity contribution >= 4 is 34.4 Å². The maximum absolute atomic E-state index is 12.7. The van der Waals surface area contributed by atoms with Gasteiger partial charge in [-0.15, -0.1) is 0 Å². The maximum atomic E-state index is 12.7. The molecule has 3 aromatic rings. The Labute approximate surface area is 197 Å². The van der Waals surface area contributed by atoms with Gasteiger partial charge in [0, 0.05) is 17.6 Å². The Bertz CT molecular complexity index is 1280. The van der Waals surface area contributed by atoms with E-state index in [4.69, 9.17) is 4.74 Å². The minimum absolute atomic E-state index is 0.0562. The van der Waals surface area contributed by atoms with Crippen LogP contribution in [0.25, 0.3) is 10.8 Å². The molecule has 0 radical (unpaired) electrons. The highest BCUT2D eigenvalue weighted by molar-refractivity contribution is 6.04. The smallest absolute Gasteiger partial charge is 0.359 e. The average Bonchev–Trinajstić information content (AvgIpc) is 2.82. The van der Waals surface area contributed by atoms with Crippen molar-refractivity contribution in [2.24, 2.45) is 0 Å². The minimum atomic E-state index is -0.856. The molecule has 0 spiro atoms. The van der Waals surface area contributed by atoms with Crippen LogP contribution >= 0.6 is 0 Å². The quantitative estimate of drug-likeness (QED) is 0.387. The Balaban J connectivity index is 1.68. The van der Waals surface area contributed by atoms with Crippen LogP contribution in [-0.4, -0.2) is 34.3 Å². The van der Waals surface area contributed by atoms with Gasteiger partial charge < -0.3 is 10.1 Å². The summed E-state index contributed by atoms with van der Waals surface area (Å²) in [6.07, 6.45) is 2.64. The van der Waals surface area contributed by atoms with Gasteiger partial charge in [-0.25, -0.2) is 14.3 Å². The Hall–Kier alpha value is -4.01. The molecule has 1 heterocycles. The Morgan fingerprint density at radius 1 is 1.00 bits per heavy atom. The van der Waals surface area contributed by atoms with E-state index in [2.05, 4.69) is 15.7 Å². The van der Waals surface area contributed by atoms with Crippen molar-refractivity contribution in [3.63, 3.8) is 0 Å². The van der Waals surface area contributed by atoms with Crippen molar-refractivity contribution in [3.8, 4) is 0 Å². The number of amides is 3. The first-order chi connectivity index (χ1) is 16.3. The lowest BCUT2D eigenvalue weighted by Gasteiger charge is -2.12. The highest BCUT2D eigenvalue weighted by atomic mass is 16.5. The molecule has 3 amide bonds. The van der Waals surface area contributed by atoms with Crippen LogP contribution in [0.4, 0.5) is 10.5 Å². The highest BCUT2D eigenvalue weighted by Crippen LogP contribution is 2.18. The fourth-order valence-corrected chi connectivity index (χ4v) is 3.45. The van der Waals surface area contributed by atoms with Gasteiger partial charge >= 0.3 is 12.0 Å². The van der Waals surface area contributed by atoms with Crippen molar-refractivity contribution in [2.75, 3.05) is 11.9 Å². The molecular weight excluding hydrogens is 436 g/mol. The van der Waals surface area contributed by atoms with Crippen LogP contribution in [0, 0.1) is 13.8 Å². The number of aromatic nitrogens is 2. The number of esters is 1. The summed E-state index contributed by atoms with van der Waals surface area (Å²) in [5.41, 5.74) is 2.10. The van der Waals surface area contributed by atoms with E-state index in [9.17, 15) is 19.2 Å². The van der Waals surface area contributed by atoms with E-state index in [0.29, 0.717) is 23.0 Å². The first-order valence-electron chi connectivity index (χ1n) is 11.2. The molecule has 178 valence electrons. The summed E-state index contributed by atoms with van der Waals surface area (Å²) >= 11 is 0. The molecule has 0 bridgehead atoms. The van der Waals surface area contributed by atoms with Crippen LogP contribution in [0.15, 0.2) is 47.3 Å². The predicted molar refractivity (Wildman–Crippen MR) is 129 cm³/mol. The normalized spacial score (nSPS) is 10.7. The Kier molecular flexibility index (Phi) is 8.13. The maximum Gasteiger partial charge on any atom is 0.359 e. The van der Waals surface area contributed by atoms with Gasteiger partial charge in [0.15, 0.2) is 12.3 Å². The number of urea groups is 1. The summed E-state index contributed by atoms with van der Waals surface area (Å²) in [6, 6.07) is 11.3. The van der Waals surface area contributed by atoms with E-state index in [0.717, 1.165) is 30.4 Å². The van der Waals surface area contributed by atoms with Gasteiger partial charge in [-0.2, -0.15) is 5.10 Å². The number of nitrogens with zero attached hydrogens (tertiary/aromatic N) is 2. The highest BCUT2D eigenvalue weighted by Gasteiger charge is 2.19. The fraction of sp³-hybridized carbons (Fsp3) is 0.320. The molecule has 9 heteroatoms. The number of anilines is 1. The molecule has 34 heavy (non-hydrogen) atoms. The fourth-order valence-electron chi connectivity index (χ4n) is 3.45. The van der Waals surface area contributed by atoms with E-state index in [1.54, 1.807) is 36.4 Å². The molecule has 0 aliphatic carbocycles. The summed E-state index contributed by atoms with van der Waals surface area (Å²) in [6.45, 7) is 5.51. The van der Waals surface area contributed by atoms with Gasteiger partial charge in [0.2, 0.25) is 0 Å². The van der Waals surface area contributed by atoms with E-state index < -0.39 is 24.5 Å². The molecule has 0 unspecified atom stereocenters. The number of ether oxygens (including phenoxy) is 1. The van der Waals surface area contributed by atoms with Gasteiger partial charge in [0.05, 0.1) is 5.39 Å². The van der Waals surface area contributed by atoms with Gasteiger partial charge in [0.1, 0.15) is 0 Å². The predicted octanol–water partition coefficient (Wildman–Crippen LogP) is 3.71. The lowest BCUT2D eigenvalue weighted by Crippen LogP contribution is -2.37. The third kappa shape index (κ3) is 5.86. The number of hydrogen-bond donors (Lipinski definition) is 2. The van der Waals surface area contributed by atoms with Crippen molar-refractivity contribution in [1.82, 2.24) is 15.1 Å². The first kappa shape index (κ1) is 24.6. The zero-order valence-corrected chi connectivity index (χ0v) is 19.5. The zero-order valence-electron chi connectivity index (χ0n) is 19.5. The van der Waals surface area contributed by atoms with E-state index in [-0.39, 0.29) is 11.3 Å². The van der Waals surface area contributed by atoms with E-state index >= 15 is 0 Å². The zero-order chi connectivity index (χ0) is 24.7. The van der Waals surface area contributed by atoms with Gasteiger partial charge in [0.25, 0.3) is 11.5 Å². The number of unbranched alkanes of at least 4 members (excludes halogenated alkanes) is 2. The van der Waals surface area contributed by atoms with Crippen LogP contribution in [0.2, 0.25) is 0 Å². The molecule has 0 fully saturated rings. The number of benzene rings is 2. The second-order valence-corrected chi connectivity index (χ2v) is 7.96. The molecule has 9 nitrogen and oxygen atoms in total. The topological polar surface area (TPSA) is 119 Å². The number of imide groups is 1. The summed E-state index contributed by atoms with van der Waals surface area (Å²) in [4.78, 5) is 49.8. The summed E-state index contributed by atoms with van der Waals surface area (Å²) in [5, 5.41) is 9.63. The summed E-state index contributed by atoms with van der Waals surface area (Å²) in [7, 11) is 0. The third-order valence-corrected chi connectivity index (χ3v) is 5.47. The monoisotopic (exact) mass is 464 g/mol. The Morgan fingerprint density at radius 3 is 2.47 bits per heavy atom. The molecule has 2 aromatic carbocycles. The average molecular weight is 465 g/mol. The van der Waals surface area contributed by atoms with Crippen molar-refractivity contribution < 1.29 is 19.1 Å². The van der Waals surface area contributed by atoms with Crippen LogP contribution in [0.3, 0.4) is 0 Å². The SMILES string of the molecule is CCCCCn1nc(C(=O)OCC(=O)NC(=O)Nc2cccc(C)c2C)c2ccccc2c1=O. The lowest BCUT2D eigenvalue weighted by atomic mass is 10.1. The molecule has 0 saturated heterocycles.